The quantitative estimate of drug-likeness (QED) is 0.858. The molecule has 9 heteroatoms. The summed E-state index contributed by atoms with van der Waals surface area (Å²) in [7, 11) is 6.96. The first kappa shape index (κ1) is 16.5. The molecule has 0 saturated heterocycles. The monoisotopic (exact) mass is 319 g/mol. The van der Waals surface area contributed by atoms with Gasteiger partial charge in [-0.05, 0) is 6.92 Å². The van der Waals surface area contributed by atoms with E-state index >= 15 is 0 Å². The van der Waals surface area contributed by atoms with Crippen LogP contribution in [0.25, 0.3) is 0 Å². The van der Waals surface area contributed by atoms with E-state index in [0.29, 0.717) is 17.4 Å². The maximum absolute atomic E-state index is 12.3. The third-order valence-corrected chi connectivity index (χ3v) is 3.22. The first-order valence-corrected chi connectivity index (χ1v) is 7.04. The number of aromatic nitrogens is 4. The minimum Gasteiger partial charge on any atom is -0.479 e. The molecule has 9 nitrogen and oxygen atoms in total. The van der Waals surface area contributed by atoms with Crippen LogP contribution >= 0.6 is 0 Å². The maximum Gasteiger partial charge on any atom is 0.319 e. The van der Waals surface area contributed by atoms with Crippen LogP contribution in [0.5, 0.6) is 5.88 Å². The summed E-state index contributed by atoms with van der Waals surface area (Å²) >= 11 is 0. The highest BCUT2D eigenvalue weighted by Gasteiger charge is 2.18. The second-order valence-corrected chi connectivity index (χ2v) is 5.24. The highest BCUT2D eigenvalue weighted by molar-refractivity contribution is 5.94. The van der Waals surface area contributed by atoms with Gasteiger partial charge in [-0.15, -0.1) is 0 Å². The molecule has 0 saturated carbocycles. The molecule has 2 N–H and O–H groups in total. The van der Waals surface area contributed by atoms with Gasteiger partial charge in [-0.25, -0.2) is 9.78 Å². The number of methoxy groups -OCH3 is 1. The zero-order chi connectivity index (χ0) is 17.0. The average Bonchev–Trinajstić information content (AvgIpc) is 2.93. The second kappa shape index (κ2) is 6.95. The molecule has 0 aliphatic carbocycles. The molecular formula is C14H21N7O2. The number of amides is 2. The van der Waals surface area contributed by atoms with Gasteiger partial charge >= 0.3 is 6.03 Å². The number of nitrogens with zero attached hydrogens (tertiary/aromatic N) is 5. The van der Waals surface area contributed by atoms with Crippen LogP contribution in [-0.4, -0.2) is 47.0 Å². The Balaban J connectivity index is 2.13. The summed E-state index contributed by atoms with van der Waals surface area (Å²) in [6.07, 6.45) is 4.94. The highest BCUT2D eigenvalue weighted by atomic mass is 16.5. The molecule has 0 radical (unpaired) electrons. The fourth-order valence-corrected chi connectivity index (χ4v) is 2.06. The molecule has 0 fully saturated rings. The van der Waals surface area contributed by atoms with Crippen molar-refractivity contribution in [3.8, 4) is 5.88 Å². The van der Waals surface area contributed by atoms with Crippen molar-refractivity contribution >= 4 is 17.5 Å². The Kier molecular flexibility index (Phi) is 4.99. The van der Waals surface area contributed by atoms with Gasteiger partial charge in [0.2, 0.25) is 5.88 Å². The number of hydrogen-bond donors (Lipinski definition) is 2. The fraction of sp³-hybridized carbons (Fsp3) is 0.429. The Labute approximate surface area is 134 Å². The van der Waals surface area contributed by atoms with Gasteiger partial charge < -0.3 is 20.3 Å². The molecule has 23 heavy (non-hydrogen) atoms. The number of rotatable bonds is 5. The lowest BCUT2D eigenvalue weighted by molar-refractivity contribution is 0.249. The Morgan fingerprint density at radius 1 is 1.39 bits per heavy atom. The van der Waals surface area contributed by atoms with E-state index in [1.54, 1.807) is 15.8 Å². The molecule has 2 amide bonds. The van der Waals surface area contributed by atoms with Crippen molar-refractivity contribution in [3.05, 3.63) is 24.3 Å². The van der Waals surface area contributed by atoms with E-state index in [1.165, 1.54) is 13.4 Å². The minimum atomic E-state index is -0.377. The van der Waals surface area contributed by atoms with Crippen LogP contribution in [0.1, 0.15) is 18.5 Å². The highest BCUT2D eigenvalue weighted by Crippen LogP contribution is 2.29. The van der Waals surface area contributed by atoms with E-state index in [0.717, 1.165) is 5.56 Å². The first-order chi connectivity index (χ1) is 10.9. The summed E-state index contributed by atoms with van der Waals surface area (Å²) < 4.78 is 6.88. The number of hydrogen-bond acceptors (Lipinski definition) is 6. The van der Waals surface area contributed by atoms with Gasteiger partial charge in [0, 0.05) is 32.9 Å². The minimum absolute atomic E-state index is 0.192. The summed E-state index contributed by atoms with van der Waals surface area (Å²) in [5, 5.41) is 9.68. The maximum atomic E-state index is 12.3. The lowest BCUT2D eigenvalue weighted by atomic mass is 10.2. The van der Waals surface area contributed by atoms with Crippen LogP contribution in [0.4, 0.5) is 16.3 Å². The van der Waals surface area contributed by atoms with Crippen LogP contribution in [0.3, 0.4) is 0 Å². The van der Waals surface area contributed by atoms with Gasteiger partial charge in [0.1, 0.15) is 12.0 Å². The van der Waals surface area contributed by atoms with Crippen molar-refractivity contribution in [2.45, 2.75) is 13.0 Å². The van der Waals surface area contributed by atoms with Gasteiger partial charge in [0.25, 0.3) is 0 Å². The molecule has 0 aliphatic rings. The normalized spacial score (nSPS) is 11.7. The average molecular weight is 319 g/mol. The number of urea groups is 1. The molecule has 0 bridgehead atoms. The van der Waals surface area contributed by atoms with E-state index < -0.39 is 0 Å². The van der Waals surface area contributed by atoms with Crippen LogP contribution in [0, 0.1) is 0 Å². The van der Waals surface area contributed by atoms with Crippen molar-refractivity contribution in [1.82, 2.24) is 25.1 Å². The number of anilines is 2. The predicted octanol–water partition coefficient (Wildman–Crippen LogP) is 1.17. The molecule has 0 aromatic carbocycles. The lowest BCUT2D eigenvalue weighted by Crippen LogP contribution is -2.32. The summed E-state index contributed by atoms with van der Waals surface area (Å²) in [5.41, 5.74) is 1.32. The van der Waals surface area contributed by atoms with E-state index in [2.05, 4.69) is 25.7 Å². The summed E-state index contributed by atoms with van der Waals surface area (Å²) in [6.45, 7) is 1.88. The number of aryl methyl sites for hydroxylation is 1. The van der Waals surface area contributed by atoms with Crippen LogP contribution in [-0.2, 0) is 7.05 Å². The standard InChI is InChI=1S/C14H21N7O2/c1-9(10-6-17-21(4)7-10)18-14(22)19-11-12(20(2)3)15-8-16-13(11)23-5/h6-9H,1-5H3,(H2,18,19,22). The summed E-state index contributed by atoms with van der Waals surface area (Å²) in [5.74, 6) is 0.855. The van der Waals surface area contributed by atoms with Crippen LogP contribution in [0.15, 0.2) is 18.7 Å². The number of ether oxygens (including phenoxy) is 1. The summed E-state index contributed by atoms with van der Waals surface area (Å²) in [4.78, 5) is 22.2. The third-order valence-electron chi connectivity index (χ3n) is 3.22. The smallest absolute Gasteiger partial charge is 0.319 e. The second-order valence-electron chi connectivity index (χ2n) is 5.24. The van der Waals surface area contributed by atoms with Crippen LogP contribution in [0.2, 0.25) is 0 Å². The van der Waals surface area contributed by atoms with Crippen molar-refractivity contribution < 1.29 is 9.53 Å². The molecule has 0 aliphatic heterocycles. The number of carbonyl (C=O) groups excluding carboxylic acids is 1. The molecule has 2 heterocycles. The van der Waals surface area contributed by atoms with Gasteiger partial charge in [-0.2, -0.15) is 10.1 Å². The van der Waals surface area contributed by atoms with Gasteiger partial charge in [-0.3, -0.25) is 4.68 Å². The first-order valence-electron chi connectivity index (χ1n) is 7.04. The largest absolute Gasteiger partial charge is 0.479 e. The Morgan fingerprint density at radius 3 is 2.70 bits per heavy atom. The summed E-state index contributed by atoms with van der Waals surface area (Å²) in [6, 6.07) is -0.570. The van der Waals surface area contributed by atoms with Crippen molar-refractivity contribution in [1.29, 1.82) is 0 Å². The zero-order valence-corrected chi connectivity index (χ0v) is 13.9. The zero-order valence-electron chi connectivity index (χ0n) is 13.9. The van der Waals surface area contributed by atoms with Gasteiger partial charge in [-0.1, -0.05) is 0 Å². The SMILES string of the molecule is COc1ncnc(N(C)C)c1NC(=O)NC(C)c1cnn(C)c1. The molecule has 1 atom stereocenters. The van der Waals surface area contributed by atoms with Gasteiger partial charge in [0.15, 0.2) is 5.82 Å². The third kappa shape index (κ3) is 3.87. The molecule has 0 spiro atoms. The molecule has 2 aromatic heterocycles. The number of nitrogens with one attached hydrogen (secondary N) is 2. The Bertz CT molecular complexity index is 684. The Morgan fingerprint density at radius 2 is 2.13 bits per heavy atom. The van der Waals surface area contributed by atoms with Gasteiger partial charge in [0.05, 0.1) is 19.3 Å². The Hall–Kier alpha value is -2.84. The number of carbonyl (C=O) groups is 1. The molecular weight excluding hydrogens is 298 g/mol. The predicted molar refractivity (Wildman–Crippen MR) is 86.7 cm³/mol. The topological polar surface area (TPSA) is 97.2 Å². The van der Waals surface area contributed by atoms with E-state index in [4.69, 9.17) is 4.74 Å². The molecule has 124 valence electrons. The van der Waals surface area contributed by atoms with E-state index in [9.17, 15) is 4.79 Å². The molecule has 2 rings (SSSR count). The van der Waals surface area contributed by atoms with E-state index in [1.807, 2.05) is 34.3 Å². The lowest BCUT2D eigenvalue weighted by Gasteiger charge is -2.19. The van der Waals surface area contributed by atoms with Crippen LogP contribution < -0.4 is 20.3 Å². The molecule has 1 unspecified atom stereocenters. The van der Waals surface area contributed by atoms with E-state index in [-0.39, 0.29) is 12.1 Å². The van der Waals surface area contributed by atoms with Crippen molar-refractivity contribution in [3.63, 3.8) is 0 Å². The fourth-order valence-electron chi connectivity index (χ4n) is 2.06. The molecule has 2 aromatic rings. The van der Waals surface area contributed by atoms with Crippen molar-refractivity contribution in [2.75, 3.05) is 31.4 Å². The van der Waals surface area contributed by atoms with Crippen molar-refractivity contribution in [2.24, 2.45) is 7.05 Å².